The minimum absolute atomic E-state index is 0.192. The number of nitrogens with zero attached hydrogens (tertiary/aromatic N) is 2. The van der Waals surface area contributed by atoms with Gasteiger partial charge in [-0.25, -0.2) is 0 Å². The molecule has 0 spiro atoms. The number of carbonyl (C=O) groups is 3. The number of rotatable bonds is 5. The summed E-state index contributed by atoms with van der Waals surface area (Å²) in [6, 6.07) is 14.2. The third-order valence-electron chi connectivity index (χ3n) is 4.80. The van der Waals surface area contributed by atoms with Gasteiger partial charge in [-0.05, 0) is 42.8 Å². The molecule has 1 N–H and O–H groups in total. The average Bonchev–Trinajstić information content (AvgIpc) is 2.72. The fourth-order valence-electron chi connectivity index (χ4n) is 3.20. The normalized spacial score (nSPS) is 13.9. The second-order valence-electron chi connectivity index (χ2n) is 6.67. The van der Waals surface area contributed by atoms with E-state index in [1.54, 1.807) is 17.0 Å². The van der Waals surface area contributed by atoms with E-state index in [0.717, 1.165) is 13.1 Å². The van der Waals surface area contributed by atoms with Crippen LogP contribution in [0, 0.1) is 6.92 Å². The number of carbonyl (C=O) groups excluding carboxylic acids is 3. The molecule has 2 aromatic carbocycles. The van der Waals surface area contributed by atoms with Crippen LogP contribution in [-0.4, -0.2) is 55.2 Å². The maximum atomic E-state index is 12.4. The molecule has 6 nitrogen and oxygen atoms in total. The van der Waals surface area contributed by atoms with Crippen molar-refractivity contribution in [3.05, 3.63) is 64.7 Å². The summed E-state index contributed by atoms with van der Waals surface area (Å²) < 4.78 is 0. The summed E-state index contributed by atoms with van der Waals surface area (Å²) >= 11 is 5.78. The number of hydrogen-bond acceptors (Lipinski definition) is 4. The van der Waals surface area contributed by atoms with Gasteiger partial charge in [0.2, 0.25) is 11.7 Å². The van der Waals surface area contributed by atoms with Crippen molar-refractivity contribution in [1.82, 2.24) is 10.2 Å². The van der Waals surface area contributed by atoms with Crippen LogP contribution in [0.1, 0.15) is 15.9 Å². The van der Waals surface area contributed by atoms with Crippen LogP contribution in [0.15, 0.2) is 48.5 Å². The van der Waals surface area contributed by atoms with Crippen LogP contribution in [-0.2, 0) is 9.59 Å². The highest BCUT2D eigenvalue weighted by Crippen LogP contribution is 2.20. The molecule has 0 atom stereocenters. The van der Waals surface area contributed by atoms with Crippen molar-refractivity contribution in [2.24, 2.45) is 0 Å². The highest BCUT2D eigenvalue weighted by Gasteiger charge is 2.23. The first-order chi connectivity index (χ1) is 13.5. The SMILES string of the molecule is Cc1ccccc1N1CCN(C(=O)CNC(=O)C(=O)c2ccc(Cl)cc2)CC1. The van der Waals surface area contributed by atoms with Crippen LogP contribution in [0.4, 0.5) is 5.69 Å². The molecule has 7 heteroatoms. The van der Waals surface area contributed by atoms with E-state index >= 15 is 0 Å². The Morgan fingerprint density at radius 2 is 1.61 bits per heavy atom. The lowest BCUT2D eigenvalue weighted by atomic mass is 10.1. The predicted molar refractivity (Wildman–Crippen MR) is 109 cm³/mol. The number of anilines is 1. The third-order valence-corrected chi connectivity index (χ3v) is 5.05. The van der Waals surface area contributed by atoms with E-state index in [9.17, 15) is 14.4 Å². The minimum atomic E-state index is -0.797. The van der Waals surface area contributed by atoms with Crippen LogP contribution >= 0.6 is 11.6 Å². The highest BCUT2D eigenvalue weighted by atomic mass is 35.5. The van der Waals surface area contributed by atoms with E-state index in [2.05, 4.69) is 29.3 Å². The number of hydrogen-bond donors (Lipinski definition) is 1. The quantitative estimate of drug-likeness (QED) is 0.618. The zero-order valence-electron chi connectivity index (χ0n) is 15.7. The van der Waals surface area contributed by atoms with Crippen LogP contribution < -0.4 is 10.2 Å². The van der Waals surface area contributed by atoms with Gasteiger partial charge in [-0.1, -0.05) is 29.8 Å². The molecule has 1 fully saturated rings. The molecule has 1 saturated heterocycles. The summed E-state index contributed by atoms with van der Waals surface area (Å²) in [5, 5.41) is 2.90. The van der Waals surface area contributed by atoms with E-state index in [1.165, 1.54) is 23.4 Å². The number of amides is 2. The van der Waals surface area contributed by atoms with Crippen molar-refractivity contribution in [3.8, 4) is 0 Å². The van der Waals surface area contributed by atoms with Gasteiger partial charge in [0.05, 0.1) is 6.54 Å². The second-order valence-corrected chi connectivity index (χ2v) is 7.11. The first-order valence-electron chi connectivity index (χ1n) is 9.12. The lowest BCUT2D eigenvalue weighted by molar-refractivity contribution is -0.132. The van der Waals surface area contributed by atoms with Crippen LogP contribution in [0.2, 0.25) is 5.02 Å². The van der Waals surface area contributed by atoms with Gasteiger partial charge in [0.25, 0.3) is 5.91 Å². The van der Waals surface area contributed by atoms with Gasteiger partial charge in [-0.3, -0.25) is 14.4 Å². The monoisotopic (exact) mass is 399 g/mol. The van der Waals surface area contributed by atoms with Crippen LogP contribution in [0.25, 0.3) is 0 Å². The Hall–Kier alpha value is -2.86. The Morgan fingerprint density at radius 3 is 2.25 bits per heavy atom. The van der Waals surface area contributed by atoms with Gasteiger partial charge < -0.3 is 15.1 Å². The van der Waals surface area contributed by atoms with Crippen molar-refractivity contribution in [2.45, 2.75) is 6.92 Å². The van der Waals surface area contributed by atoms with Crippen molar-refractivity contribution in [1.29, 1.82) is 0 Å². The molecule has 0 aromatic heterocycles. The molecule has 146 valence electrons. The van der Waals surface area contributed by atoms with E-state index in [-0.39, 0.29) is 18.0 Å². The summed E-state index contributed by atoms with van der Waals surface area (Å²) in [5.41, 5.74) is 2.62. The Bertz CT molecular complexity index is 875. The summed E-state index contributed by atoms with van der Waals surface area (Å²) in [5.74, 6) is -1.68. The lowest BCUT2D eigenvalue weighted by Gasteiger charge is -2.36. The van der Waals surface area contributed by atoms with Gasteiger partial charge in [0.15, 0.2) is 0 Å². The molecular weight excluding hydrogens is 378 g/mol. The van der Waals surface area contributed by atoms with E-state index < -0.39 is 11.7 Å². The molecule has 2 amide bonds. The largest absolute Gasteiger partial charge is 0.368 e. The van der Waals surface area contributed by atoms with Gasteiger partial charge in [0.1, 0.15) is 0 Å². The summed E-state index contributed by atoms with van der Waals surface area (Å²) in [6.45, 7) is 4.49. The number of nitrogens with one attached hydrogen (secondary N) is 1. The number of piperazine rings is 1. The zero-order valence-corrected chi connectivity index (χ0v) is 16.4. The molecule has 1 aliphatic rings. The maximum absolute atomic E-state index is 12.4. The predicted octanol–water partition coefficient (Wildman–Crippen LogP) is 2.30. The maximum Gasteiger partial charge on any atom is 0.292 e. The summed E-state index contributed by atoms with van der Waals surface area (Å²) in [7, 11) is 0. The van der Waals surface area contributed by atoms with Gasteiger partial charge >= 0.3 is 0 Å². The van der Waals surface area contributed by atoms with Crippen molar-refractivity contribution in [2.75, 3.05) is 37.6 Å². The molecule has 2 aromatic rings. The van der Waals surface area contributed by atoms with Crippen molar-refractivity contribution >= 4 is 34.9 Å². The molecule has 0 radical (unpaired) electrons. The molecule has 0 aliphatic carbocycles. The van der Waals surface area contributed by atoms with Crippen molar-refractivity contribution in [3.63, 3.8) is 0 Å². The number of para-hydroxylation sites is 1. The summed E-state index contributed by atoms with van der Waals surface area (Å²) in [6.07, 6.45) is 0. The fraction of sp³-hybridized carbons (Fsp3) is 0.286. The molecule has 3 rings (SSSR count). The van der Waals surface area contributed by atoms with Gasteiger partial charge in [0, 0.05) is 42.5 Å². The summed E-state index contributed by atoms with van der Waals surface area (Å²) in [4.78, 5) is 40.4. The Balaban J connectivity index is 1.48. The Labute approximate surface area is 169 Å². The smallest absolute Gasteiger partial charge is 0.292 e. The molecular formula is C21H22ClN3O3. The Kier molecular flexibility index (Phi) is 6.31. The van der Waals surface area contributed by atoms with Gasteiger partial charge in [-0.2, -0.15) is 0 Å². The third kappa shape index (κ3) is 4.70. The standard InChI is InChI=1S/C21H22ClN3O3/c1-15-4-2-3-5-18(15)24-10-12-25(13-11-24)19(26)14-23-21(28)20(27)16-6-8-17(22)9-7-16/h2-9H,10-14H2,1H3,(H,23,28). The van der Waals surface area contributed by atoms with E-state index in [0.29, 0.717) is 18.1 Å². The van der Waals surface area contributed by atoms with Crippen molar-refractivity contribution < 1.29 is 14.4 Å². The minimum Gasteiger partial charge on any atom is -0.368 e. The topological polar surface area (TPSA) is 69.7 Å². The number of halogens is 1. The fourth-order valence-corrected chi connectivity index (χ4v) is 3.32. The molecule has 28 heavy (non-hydrogen) atoms. The van der Waals surface area contributed by atoms with E-state index in [4.69, 9.17) is 11.6 Å². The number of aryl methyl sites for hydroxylation is 1. The molecule has 1 aliphatic heterocycles. The van der Waals surface area contributed by atoms with Crippen LogP contribution in [0.5, 0.6) is 0 Å². The molecule has 0 unspecified atom stereocenters. The number of ketones is 1. The highest BCUT2D eigenvalue weighted by molar-refractivity contribution is 6.43. The zero-order chi connectivity index (χ0) is 20.1. The molecule has 1 heterocycles. The molecule has 0 bridgehead atoms. The number of Topliss-reactive ketones (excluding diaryl/α,β-unsaturated/α-hetero) is 1. The second kappa shape index (κ2) is 8.89. The molecule has 0 saturated carbocycles. The van der Waals surface area contributed by atoms with E-state index in [1.807, 2.05) is 12.1 Å². The first kappa shape index (κ1) is 19.9. The first-order valence-corrected chi connectivity index (χ1v) is 9.50. The number of benzene rings is 2. The average molecular weight is 400 g/mol. The Morgan fingerprint density at radius 1 is 0.964 bits per heavy atom. The van der Waals surface area contributed by atoms with Crippen LogP contribution in [0.3, 0.4) is 0 Å². The lowest BCUT2D eigenvalue weighted by Crippen LogP contribution is -2.51. The van der Waals surface area contributed by atoms with Gasteiger partial charge in [-0.15, -0.1) is 0 Å².